The smallest absolute Gasteiger partial charge is 0.328 e. The summed E-state index contributed by atoms with van der Waals surface area (Å²) in [5, 5.41) is 25.4. The van der Waals surface area contributed by atoms with E-state index in [9.17, 15) is 23.4 Å². The van der Waals surface area contributed by atoms with Gasteiger partial charge in [0.2, 0.25) is 0 Å². The molecule has 0 bridgehead atoms. The van der Waals surface area contributed by atoms with E-state index in [0.29, 0.717) is 30.2 Å². The number of aliphatic hydroxyl groups is 2. The molecule has 3 unspecified atom stereocenters. The van der Waals surface area contributed by atoms with Gasteiger partial charge in [-0.15, -0.1) is 0 Å². The Labute approximate surface area is 271 Å². The number of sulfonamides is 1. The Bertz CT molecular complexity index is 1330. The molecule has 11 atom stereocenters. The van der Waals surface area contributed by atoms with Gasteiger partial charge >= 0.3 is 6.03 Å². The SMILES string of the molecule is CC[C@@H]1C2C[C@H](O)CCC2(C)[C@H]2CCC3(C)[C@@H]([C@H](C)CNC(=O)NS(=O)(=O)c4cccc(N5CCCCC5)c4)CC[C@H]3[C@@H]2[C@@H]1O. The summed E-state index contributed by atoms with van der Waals surface area (Å²) in [6, 6.07) is 6.21. The summed E-state index contributed by atoms with van der Waals surface area (Å²) in [5.41, 5.74) is 1.13. The first kappa shape index (κ1) is 33.1. The monoisotopic (exact) mass is 643 g/mol. The van der Waals surface area contributed by atoms with Gasteiger partial charge in [0.15, 0.2) is 0 Å². The zero-order valence-electron chi connectivity index (χ0n) is 27.9. The minimum atomic E-state index is -4.00. The van der Waals surface area contributed by atoms with E-state index >= 15 is 0 Å². The Morgan fingerprint density at radius 2 is 1.71 bits per heavy atom. The molecule has 1 aromatic carbocycles. The van der Waals surface area contributed by atoms with Crippen LogP contribution in [0.1, 0.15) is 98.3 Å². The summed E-state index contributed by atoms with van der Waals surface area (Å²) in [5.74, 6) is 2.41. The Kier molecular flexibility index (Phi) is 9.29. The van der Waals surface area contributed by atoms with Crippen LogP contribution in [0.3, 0.4) is 0 Å². The molecule has 4 aliphatic carbocycles. The molecule has 0 aromatic heterocycles. The van der Waals surface area contributed by atoms with Gasteiger partial charge in [-0.2, -0.15) is 0 Å². The van der Waals surface area contributed by atoms with E-state index in [0.717, 1.165) is 83.0 Å². The van der Waals surface area contributed by atoms with Crippen LogP contribution in [0.25, 0.3) is 0 Å². The lowest BCUT2D eigenvalue weighted by molar-refractivity contribution is -0.203. The number of urea groups is 1. The van der Waals surface area contributed by atoms with E-state index in [2.05, 4.69) is 42.6 Å². The van der Waals surface area contributed by atoms with Crippen LogP contribution in [0, 0.1) is 52.3 Å². The average Bonchev–Trinajstić information content (AvgIpc) is 3.38. The molecule has 1 saturated heterocycles. The summed E-state index contributed by atoms with van der Waals surface area (Å²) in [7, 11) is -4.00. The second kappa shape index (κ2) is 12.6. The van der Waals surface area contributed by atoms with Gasteiger partial charge < -0.3 is 20.4 Å². The Morgan fingerprint density at radius 3 is 2.44 bits per heavy atom. The lowest BCUT2D eigenvalue weighted by Crippen LogP contribution is -2.62. The molecule has 1 aromatic rings. The van der Waals surface area contributed by atoms with E-state index in [4.69, 9.17) is 0 Å². The summed E-state index contributed by atoms with van der Waals surface area (Å²) >= 11 is 0. The Hall–Kier alpha value is -1.84. The van der Waals surface area contributed by atoms with E-state index in [1.54, 1.807) is 18.2 Å². The first-order chi connectivity index (χ1) is 21.4. The number of fused-ring (bicyclic) bond motifs is 5. The van der Waals surface area contributed by atoms with Crippen molar-refractivity contribution >= 4 is 21.7 Å². The standard InChI is InChI=1S/C36H57N3O5S/c1-5-27-31-21-25(40)14-16-36(31,4)30-15-17-35(3)28(12-13-29(35)32(30)33(27)41)23(2)22-37-34(42)38-45(43,44)26-11-9-10-24(20-26)39-18-7-6-8-19-39/h9-11,20,23,25,27-33,40-41H,5-8,12-19,21-22H2,1-4H3,(H2,37,38,42)/t23-,25-,27-,28-,29+,30+,31?,32+,33-,35?,36?/m1/s1. The van der Waals surface area contributed by atoms with Crippen molar-refractivity contribution in [3.05, 3.63) is 24.3 Å². The minimum absolute atomic E-state index is 0.0797. The molecule has 4 saturated carbocycles. The van der Waals surface area contributed by atoms with Crippen molar-refractivity contribution < 1.29 is 23.4 Å². The highest BCUT2D eigenvalue weighted by Gasteiger charge is 2.64. The maximum absolute atomic E-state index is 13.1. The molecule has 5 aliphatic rings. The first-order valence-corrected chi connectivity index (χ1v) is 19.4. The predicted molar refractivity (Wildman–Crippen MR) is 177 cm³/mol. The second-order valence-corrected chi connectivity index (χ2v) is 17.6. The zero-order valence-corrected chi connectivity index (χ0v) is 28.7. The van der Waals surface area contributed by atoms with Crippen molar-refractivity contribution in [2.45, 2.75) is 115 Å². The molecular formula is C36H57N3O5S. The summed E-state index contributed by atoms with van der Waals surface area (Å²) in [4.78, 5) is 15.2. The molecule has 6 rings (SSSR count). The summed E-state index contributed by atoms with van der Waals surface area (Å²) in [6.07, 6.45) is 10.9. The number of carbonyl (C=O) groups excluding carboxylic acids is 1. The van der Waals surface area contributed by atoms with Gasteiger partial charge in [0.05, 0.1) is 17.1 Å². The van der Waals surface area contributed by atoms with Crippen molar-refractivity contribution in [3.63, 3.8) is 0 Å². The van der Waals surface area contributed by atoms with Crippen molar-refractivity contribution in [1.29, 1.82) is 0 Å². The van der Waals surface area contributed by atoms with Gasteiger partial charge in [0.25, 0.3) is 10.0 Å². The molecule has 0 radical (unpaired) electrons. The first-order valence-electron chi connectivity index (χ1n) is 17.9. The van der Waals surface area contributed by atoms with Gasteiger partial charge in [-0.25, -0.2) is 17.9 Å². The number of hydrogen-bond donors (Lipinski definition) is 4. The lowest BCUT2D eigenvalue weighted by atomic mass is 9.41. The third-order valence-electron chi connectivity index (χ3n) is 13.8. The van der Waals surface area contributed by atoms with Gasteiger partial charge in [-0.05, 0) is 135 Å². The maximum Gasteiger partial charge on any atom is 0.328 e. The highest BCUT2D eigenvalue weighted by Crippen LogP contribution is 2.69. The van der Waals surface area contributed by atoms with Crippen molar-refractivity contribution in [1.82, 2.24) is 10.0 Å². The Morgan fingerprint density at radius 1 is 1.00 bits per heavy atom. The fourth-order valence-electron chi connectivity index (χ4n) is 11.5. The fraction of sp³-hybridized carbons (Fsp3) is 0.806. The normalized spacial score (nSPS) is 40.5. The lowest BCUT2D eigenvalue weighted by Gasteiger charge is -2.64. The number of hydrogen-bond acceptors (Lipinski definition) is 6. The highest BCUT2D eigenvalue weighted by atomic mass is 32.2. The fourth-order valence-corrected chi connectivity index (χ4v) is 12.5. The molecule has 1 heterocycles. The van der Waals surface area contributed by atoms with Crippen LogP contribution in [-0.2, 0) is 10.0 Å². The number of carbonyl (C=O) groups is 1. The van der Waals surface area contributed by atoms with Crippen LogP contribution in [-0.4, -0.2) is 56.5 Å². The number of benzene rings is 1. The second-order valence-electron chi connectivity index (χ2n) is 16.0. The number of rotatable bonds is 7. The molecule has 1 aliphatic heterocycles. The average molecular weight is 644 g/mol. The van der Waals surface area contributed by atoms with Gasteiger partial charge in [-0.3, -0.25) is 0 Å². The third-order valence-corrected chi connectivity index (χ3v) is 15.1. The molecule has 0 spiro atoms. The minimum Gasteiger partial charge on any atom is -0.393 e. The molecule has 9 heteroatoms. The number of amides is 2. The number of piperidine rings is 1. The van der Waals surface area contributed by atoms with E-state index in [-0.39, 0.29) is 45.7 Å². The molecule has 4 N–H and O–H groups in total. The van der Waals surface area contributed by atoms with Crippen molar-refractivity contribution in [2.75, 3.05) is 24.5 Å². The Balaban J connectivity index is 1.10. The number of anilines is 1. The van der Waals surface area contributed by atoms with Crippen LogP contribution in [0.5, 0.6) is 0 Å². The molecular weight excluding hydrogens is 586 g/mol. The van der Waals surface area contributed by atoms with E-state index in [1.807, 2.05) is 6.07 Å². The predicted octanol–water partition coefficient (Wildman–Crippen LogP) is 5.93. The molecule has 45 heavy (non-hydrogen) atoms. The number of nitrogens with zero attached hydrogens (tertiary/aromatic N) is 1. The van der Waals surface area contributed by atoms with Gasteiger partial charge in [0, 0.05) is 25.3 Å². The van der Waals surface area contributed by atoms with Crippen molar-refractivity contribution in [2.24, 2.45) is 52.3 Å². The third kappa shape index (κ3) is 5.92. The summed E-state index contributed by atoms with van der Waals surface area (Å²) < 4.78 is 28.6. The van der Waals surface area contributed by atoms with E-state index in [1.165, 1.54) is 6.42 Å². The van der Waals surface area contributed by atoms with Gasteiger partial charge in [-0.1, -0.05) is 40.2 Å². The van der Waals surface area contributed by atoms with Crippen LogP contribution < -0.4 is 14.9 Å². The van der Waals surface area contributed by atoms with Crippen LogP contribution >= 0.6 is 0 Å². The maximum atomic E-state index is 13.1. The zero-order chi connectivity index (χ0) is 32.1. The topological polar surface area (TPSA) is 119 Å². The number of aliphatic hydroxyl groups excluding tert-OH is 2. The molecule has 252 valence electrons. The summed E-state index contributed by atoms with van der Waals surface area (Å²) in [6.45, 7) is 11.5. The van der Waals surface area contributed by atoms with Crippen molar-refractivity contribution in [3.8, 4) is 0 Å². The highest BCUT2D eigenvalue weighted by molar-refractivity contribution is 7.90. The molecule has 8 nitrogen and oxygen atoms in total. The quantitative estimate of drug-likeness (QED) is 0.293. The van der Waals surface area contributed by atoms with Crippen LogP contribution in [0.2, 0.25) is 0 Å². The number of nitrogens with one attached hydrogen (secondary N) is 2. The molecule has 5 fully saturated rings. The van der Waals surface area contributed by atoms with Crippen LogP contribution in [0.15, 0.2) is 29.2 Å². The molecule has 2 amide bonds. The van der Waals surface area contributed by atoms with Gasteiger partial charge in [0.1, 0.15) is 0 Å². The largest absolute Gasteiger partial charge is 0.393 e. The van der Waals surface area contributed by atoms with Crippen LogP contribution in [0.4, 0.5) is 10.5 Å². The van der Waals surface area contributed by atoms with E-state index < -0.39 is 16.1 Å².